The van der Waals surface area contributed by atoms with E-state index in [-0.39, 0.29) is 24.2 Å². The van der Waals surface area contributed by atoms with E-state index in [1.54, 1.807) is 6.20 Å². The number of aromatic nitrogens is 1. The van der Waals surface area contributed by atoms with E-state index in [0.29, 0.717) is 0 Å². The van der Waals surface area contributed by atoms with Gasteiger partial charge in [0.1, 0.15) is 10.8 Å². The molecule has 1 atom stereocenters. The number of amides is 1. The highest BCUT2D eigenvalue weighted by Crippen LogP contribution is 2.18. The van der Waals surface area contributed by atoms with E-state index in [2.05, 4.69) is 15.5 Å². The summed E-state index contributed by atoms with van der Waals surface area (Å²) in [5.74, 6) is -0.407. The fourth-order valence-corrected chi connectivity index (χ4v) is 1.90. The lowest BCUT2D eigenvalue weighted by molar-refractivity contribution is -0.120. The average molecular weight is 242 g/mol. The molecule has 0 radical (unpaired) electrons. The lowest BCUT2D eigenvalue weighted by atomic mass is 10.3. The fraction of sp³-hybridized carbons (Fsp3) is 0.444. The molecule has 0 aliphatic carbocycles. The number of hydrogen-bond donors (Lipinski definition) is 3. The van der Waals surface area contributed by atoms with Crippen LogP contribution in [0.1, 0.15) is 29.3 Å². The summed E-state index contributed by atoms with van der Waals surface area (Å²) in [6, 6.07) is -0.169. The third-order valence-corrected chi connectivity index (χ3v) is 2.95. The third-order valence-electron chi connectivity index (χ3n) is 1.86. The number of carbonyl (C=O) groups is 1. The van der Waals surface area contributed by atoms with E-state index < -0.39 is 0 Å². The average Bonchev–Trinajstić information content (AvgIpc) is 2.64. The molecule has 7 heteroatoms. The Kier molecular flexibility index (Phi) is 4.24. The van der Waals surface area contributed by atoms with E-state index in [1.165, 1.54) is 11.3 Å². The molecule has 1 aromatic rings. The number of nitrogens with one attached hydrogen (secondary N) is 1. The summed E-state index contributed by atoms with van der Waals surface area (Å²) >= 11 is 1.53. The fourth-order valence-electron chi connectivity index (χ4n) is 1.13. The minimum atomic E-state index is -0.296. The molecule has 4 N–H and O–H groups in total. The van der Waals surface area contributed by atoms with E-state index in [0.717, 1.165) is 9.88 Å². The molecule has 1 unspecified atom stereocenters. The Labute approximate surface area is 97.2 Å². The lowest BCUT2D eigenvalue weighted by Crippen LogP contribution is -2.30. The smallest absolute Gasteiger partial charge is 0.228 e. The SMILES string of the molecule is Cc1cnc(C(C)NC(=O)C/C(N)=N/O)s1. The molecule has 0 saturated carbocycles. The van der Waals surface area contributed by atoms with Gasteiger partial charge in [0.15, 0.2) is 0 Å². The Hall–Kier alpha value is -1.63. The number of nitrogens with zero attached hydrogens (tertiary/aromatic N) is 2. The first-order valence-electron chi connectivity index (χ1n) is 4.71. The molecule has 0 aromatic carbocycles. The maximum atomic E-state index is 11.4. The summed E-state index contributed by atoms with van der Waals surface area (Å²) in [4.78, 5) is 16.6. The van der Waals surface area contributed by atoms with Crippen molar-refractivity contribution in [1.29, 1.82) is 0 Å². The van der Waals surface area contributed by atoms with Crippen LogP contribution in [-0.4, -0.2) is 21.9 Å². The van der Waals surface area contributed by atoms with Crippen LogP contribution in [0.2, 0.25) is 0 Å². The number of amidine groups is 1. The topological polar surface area (TPSA) is 101 Å². The van der Waals surface area contributed by atoms with E-state index in [4.69, 9.17) is 10.9 Å². The Balaban J connectivity index is 2.51. The zero-order chi connectivity index (χ0) is 12.1. The Bertz CT molecular complexity index is 402. The number of oxime groups is 1. The molecule has 1 rings (SSSR count). The van der Waals surface area contributed by atoms with Gasteiger partial charge in [-0.25, -0.2) is 4.98 Å². The summed E-state index contributed by atoms with van der Waals surface area (Å²) in [5.41, 5.74) is 5.22. The van der Waals surface area contributed by atoms with Crippen LogP contribution in [0.5, 0.6) is 0 Å². The van der Waals surface area contributed by atoms with Crippen LogP contribution < -0.4 is 11.1 Å². The summed E-state index contributed by atoms with van der Waals surface area (Å²) in [6.45, 7) is 3.79. The normalized spacial score (nSPS) is 13.5. The van der Waals surface area contributed by atoms with Gasteiger partial charge in [-0.15, -0.1) is 11.3 Å². The van der Waals surface area contributed by atoms with Gasteiger partial charge in [-0.2, -0.15) is 0 Å². The number of carbonyl (C=O) groups excluding carboxylic acids is 1. The molecule has 88 valence electrons. The molecule has 0 fully saturated rings. The predicted molar refractivity (Wildman–Crippen MR) is 61.4 cm³/mol. The highest BCUT2D eigenvalue weighted by Gasteiger charge is 2.13. The standard InChI is InChI=1S/C9H14N4O2S/c1-5-4-11-9(16-5)6(2)12-8(14)3-7(10)13-15/h4,6,15H,3H2,1-2H3,(H2,10,13)(H,12,14). The van der Waals surface area contributed by atoms with Crippen molar-refractivity contribution >= 4 is 23.1 Å². The number of thiazole rings is 1. The molecule has 0 aliphatic heterocycles. The molecule has 16 heavy (non-hydrogen) atoms. The van der Waals surface area contributed by atoms with Crippen LogP contribution in [0, 0.1) is 6.92 Å². The lowest BCUT2D eigenvalue weighted by Gasteiger charge is -2.10. The molecule has 1 amide bonds. The summed E-state index contributed by atoms with van der Waals surface area (Å²) < 4.78 is 0. The van der Waals surface area contributed by atoms with Gasteiger partial charge in [0, 0.05) is 11.1 Å². The predicted octanol–water partition coefficient (Wildman–Crippen LogP) is 0.765. The van der Waals surface area contributed by atoms with Crippen LogP contribution in [0.4, 0.5) is 0 Å². The first-order valence-corrected chi connectivity index (χ1v) is 5.52. The molecule has 0 spiro atoms. The quantitative estimate of drug-likeness (QED) is 0.314. The van der Waals surface area contributed by atoms with Crippen molar-refractivity contribution in [3.8, 4) is 0 Å². The van der Waals surface area contributed by atoms with Crippen molar-refractivity contribution in [2.45, 2.75) is 26.3 Å². The van der Waals surface area contributed by atoms with Gasteiger partial charge in [-0.05, 0) is 13.8 Å². The highest BCUT2D eigenvalue weighted by molar-refractivity contribution is 7.11. The summed E-state index contributed by atoms with van der Waals surface area (Å²) in [5, 5.41) is 14.6. The van der Waals surface area contributed by atoms with Crippen LogP contribution in [0.15, 0.2) is 11.4 Å². The Morgan fingerprint density at radius 1 is 1.81 bits per heavy atom. The van der Waals surface area contributed by atoms with E-state index >= 15 is 0 Å². The van der Waals surface area contributed by atoms with Crippen molar-refractivity contribution in [3.05, 3.63) is 16.1 Å². The van der Waals surface area contributed by atoms with Gasteiger partial charge in [0.2, 0.25) is 5.91 Å². The number of rotatable bonds is 4. The summed E-state index contributed by atoms with van der Waals surface area (Å²) in [6.07, 6.45) is 1.64. The van der Waals surface area contributed by atoms with Crippen LogP contribution in [0.25, 0.3) is 0 Å². The van der Waals surface area contributed by atoms with Crippen LogP contribution in [-0.2, 0) is 4.79 Å². The molecular weight excluding hydrogens is 228 g/mol. The highest BCUT2D eigenvalue weighted by atomic mass is 32.1. The van der Waals surface area contributed by atoms with Gasteiger partial charge in [0.05, 0.1) is 12.5 Å². The number of hydrogen-bond acceptors (Lipinski definition) is 5. The van der Waals surface area contributed by atoms with Gasteiger partial charge in [-0.3, -0.25) is 4.79 Å². The van der Waals surface area contributed by atoms with Gasteiger partial charge < -0.3 is 16.3 Å². The zero-order valence-electron chi connectivity index (χ0n) is 9.10. The minimum Gasteiger partial charge on any atom is -0.409 e. The number of nitrogens with two attached hydrogens (primary N) is 1. The van der Waals surface area contributed by atoms with Gasteiger partial charge in [-0.1, -0.05) is 5.16 Å². The molecule has 6 nitrogen and oxygen atoms in total. The zero-order valence-corrected chi connectivity index (χ0v) is 9.91. The third kappa shape index (κ3) is 3.50. The maximum absolute atomic E-state index is 11.4. The largest absolute Gasteiger partial charge is 0.409 e. The van der Waals surface area contributed by atoms with Crippen molar-refractivity contribution in [3.63, 3.8) is 0 Å². The van der Waals surface area contributed by atoms with E-state index in [9.17, 15) is 4.79 Å². The second-order valence-electron chi connectivity index (χ2n) is 3.37. The number of aryl methyl sites for hydroxylation is 1. The minimum absolute atomic E-state index is 0.111. The van der Waals surface area contributed by atoms with Crippen LogP contribution >= 0.6 is 11.3 Å². The second-order valence-corrected chi connectivity index (χ2v) is 4.63. The summed E-state index contributed by atoms with van der Waals surface area (Å²) in [7, 11) is 0. The van der Waals surface area contributed by atoms with Gasteiger partial charge >= 0.3 is 0 Å². The molecule has 1 aromatic heterocycles. The van der Waals surface area contributed by atoms with Crippen molar-refractivity contribution in [1.82, 2.24) is 10.3 Å². The molecule has 1 heterocycles. The van der Waals surface area contributed by atoms with E-state index in [1.807, 2.05) is 13.8 Å². The Morgan fingerprint density at radius 3 is 3.00 bits per heavy atom. The van der Waals surface area contributed by atoms with Crippen molar-refractivity contribution in [2.24, 2.45) is 10.9 Å². The molecule has 0 saturated heterocycles. The van der Waals surface area contributed by atoms with Gasteiger partial charge in [0.25, 0.3) is 0 Å². The molecular formula is C9H14N4O2S. The molecule has 0 bridgehead atoms. The first-order chi connectivity index (χ1) is 7.52. The first kappa shape index (κ1) is 12.4. The monoisotopic (exact) mass is 242 g/mol. The Morgan fingerprint density at radius 2 is 2.50 bits per heavy atom. The maximum Gasteiger partial charge on any atom is 0.228 e. The molecule has 0 aliphatic rings. The second kappa shape index (κ2) is 5.45. The van der Waals surface area contributed by atoms with Crippen LogP contribution in [0.3, 0.4) is 0 Å². The van der Waals surface area contributed by atoms with Crippen molar-refractivity contribution in [2.75, 3.05) is 0 Å². The van der Waals surface area contributed by atoms with Crippen molar-refractivity contribution < 1.29 is 10.0 Å².